The average molecular weight is 519 g/mol. The molecule has 4 N–H and O–H groups in total. The van der Waals surface area contributed by atoms with Gasteiger partial charge in [0.2, 0.25) is 0 Å². The molecule has 5 heteroatoms. The second-order valence-corrected chi connectivity index (χ2v) is 14.3. The van der Waals surface area contributed by atoms with Crippen LogP contribution in [0.2, 0.25) is 0 Å². The maximum atomic E-state index is 11.5. The smallest absolute Gasteiger partial charge is 0.302 e. The number of carbonyl (C=O) groups is 1. The molecule has 4 rings (SSSR count). The van der Waals surface area contributed by atoms with Crippen molar-refractivity contribution in [3.05, 3.63) is 0 Å². The zero-order chi connectivity index (χ0) is 26.8. The minimum atomic E-state index is -0.450. The third-order valence-corrected chi connectivity index (χ3v) is 12.2. The first-order chi connectivity index (χ1) is 17.6. The fourth-order valence-electron chi connectivity index (χ4n) is 10.4. The number of hydrogen-bond acceptors (Lipinski definition) is 5. The lowest BCUT2D eigenvalue weighted by molar-refractivity contribution is -0.142. The zero-order valence-electron chi connectivity index (χ0n) is 24.6. The lowest BCUT2D eigenvalue weighted by Crippen LogP contribution is -2.55. The topological polar surface area (TPSA) is 84.6 Å². The van der Waals surface area contributed by atoms with Crippen molar-refractivity contribution < 1.29 is 14.6 Å². The van der Waals surface area contributed by atoms with E-state index >= 15 is 0 Å². The van der Waals surface area contributed by atoms with Crippen molar-refractivity contribution in [2.75, 3.05) is 19.7 Å². The Balaban J connectivity index is 1.47. The Morgan fingerprint density at radius 1 is 1.03 bits per heavy atom. The molecule has 4 aliphatic carbocycles. The van der Waals surface area contributed by atoms with E-state index in [-0.39, 0.29) is 17.9 Å². The summed E-state index contributed by atoms with van der Waals surface area (Å²) in [5.41, 5.74) is 6.79. The highest BCUT2D eigenvalue weighted by Crippen LogP contribution is 2.68. The van der Waals surface area contributed by atoms with Crippen LogP contribution in [0.1, 0.15) is 112 Å². The number of nitrogens with two attached hydrogens (primary N) is 1. The van der Waals surface area contributed by atoms with Gasteiger partial charge in [-0.1, -0.05) is 40.5 Å². The van der Waals surface area contributed by atoms with E-state index in [0.29, 0.717) is 42.2 Å². The largest absolute Gasteiger partial charge is 0.466 e. The molecule has 0 aromatic rings. The highest BCUT2D eigenvalue weighted by Gasteiger charge is 2.60. The van der Waals surface area contributed by atoms with Gasteiger partial charge in [-0.25, -0.2) is 0 Å². The van der Waals surface area contributed by atoms with Crippen LogP contribution >= 0.6 is 0 Å². The highest BCUT2D eigenvalue weighted by molar-refractivity contribution is 5.65. The monoisotopic (exact) mass is 518 g/mol. The molecule has 37 heavy (non-hydrogen) atoms. The van der Waals surface area contributed by atoms with E-state index in [1.807, 2.05) is 0 Å². The molecule has 5 nitrogen and oxygen atoms in total. The van der Waals surface area contributed by atoms with Gasteiger partial charge in [0.1, 0.15) is 0 Å². The fourth-order valence-corrected chi connectivity index (χ4v) is 10.4. The molecule has 214 valence electrons. The van der Waals surface area contributed by atoms with Crippen molar-refractivity contribution in [3.63, 3.8) is 0 Å². The SMILES string of the molecule is CC(=O)OCC(C)CC(O)C(NCCCN)[C@@H](C)[C@H]1CC[C@H]2[C@@H]3CCC4CCCC[C@]4(C)[C@H]3CC[C@]12C. The molecule has 0 aromatic heterocycles. The Morgan fingerprint density at radius 2 is 1.78 bits per heavy atom. The molecule has 4 unspecified atom stereocenters. The van der Waals surface area contributed by atoms with Gasteiger partial charge in [0, 0.05) is 13.0 Å². The molecule has 0 bridgehead atoms. The average Bonchev–Trinajstić information content (AvgIpc) is 3.22. The molecule has 4 saturated carbocycles. The number of nitrogens with one attached hydrogen (secondary N) is 1. The van der Waals surface area contributed by atoms with Crippen LogP contribution < -0.4 is 11.1 Å². The van der Waals surface area contributed by atoms with Gasteiger partial charge in [0.05, 0.1) is 12.7 Å². The van der Waals surface area contributed by atoms with Gasteiger partial charge in [0.25, 0.3) is 0 Å². The van der Waals surface area contributed by atoms with Crippen LogP contribution in [0.3, 0.4) is 0 Å². The van der Waals surface area contributed by atoms with Crippen LogP contribution in [-0.2, 0) is 9.53 Å². The minimum absolute atomic E-state index is 0.0521. The van der Waals surface area contributed by atoms with Crippen molar-refractivity contribution in [2.45, 2.75) is 124 Å². The van der Waals surface area contributed by atoms with E-state index in [2.05, 4.69) is 33.0 Å². The first-order valence-corrected chi connectivity index (χ1v) is 15.9. The maximum absolute atomic E-state index is 11.5. The second kappa shape index (κ2) is 12.3. The maximum Gasteiger partial charge on any atom is 0.302 e. The summed E-state index contributed by atoms with van der Waals surface area (Å²) in [6.07, 6.45) is 15.4. The number of aliphatic hydroxyl groups excluding tert-OH is 1. The van der Waals surface area contributed by atoms with Crippen molar-refractivity contribution in [1.29, 1.82) is 0 Å². The molecular formula is C32H58N2O3. The predicted molar refractivity (Wildman–Crippen MR) is 151 cm³/mol. The normalized spacial score (nSPS) is 40.6. The van der Waals surface area contributed by atoms with E-state index < -0.39 is 6.10 Å². The molecule has 0 aromatic carbocycles. The van der Waals surface area contributed by atoms with Gasteiger partial charge in [-0.05, 0) is 130 Å². The fraction of sp³-hybridized carbons (Fsp3) is 0.969. The number of carbonyl (C=O) groups excluding carboxylic acids is 1. The Morgan fingerprint density at radius 3 is 2.51 bits per heavy atom. The number of fused-ring (bicyclic) bond motifs is 5. The standard InChI is InChI=1S/C32H58N2O3/c1-21(20-37-23(3)35)19-29(36)30(34-18-8-17-33)22(2)26-12-13-27-25-11-10-24-9-6-7-15-31(24,4)28(25)14-16-32(26,27)5/h21-22,24-30,34,36H,6-20,33H2,1-5H3/t21?,22-,24?,25-,26+,27-,28-,29?,30?,31-,32+/m0/s1. The molecule has 0 aliphatic heterocycles. The molecule has 4 aliphatic rings. The Bertz CT molecular complexity index is 760. The molecule has 0 saturated heterocycles. The summed E-state index contributed by atoms with van der Waals surface area (Å²) >= 11 is 0. The van der Waals surface area contributed by atoms with Crippen molar-refractivity contribution in [3.8, 4) is 0 Å². The number of hydrogen-bond donors (Lipinski definition) is 3. The zero-order valence-corrected chi connectivity index (χ0v) is 24.6. The van der Waals surface area contributed by atoms with E-state index in [1.54, 1.807) is 0 Å². The van der Waals surface area contributed by atoms with E-state index in [0.717, 1.165) is 36.6 Å². The summed E-state index contributed by atoms with van der Waals surface area (Å²) in [6, 6.07) is 0.0521. The molecule has 0 heterocycles. The van der Waals surface area contributed by atoms with Gasteiger partial charge >= 0.3 is 5.97 Å². The number of esters is 1. The molecular weight excluding hydrogens is 460 g/mol. The first kappa shape index (κ1) is 29.3. The van der Waals surface area contributed by atoms with Gasteiger partial charge in [-0.3, -0.25) is 4.79 Å². The van der Waals surface area contributed by atoms with Gasteiger partial charge < -0.3 is 20.9 Å². The summed E-state index contributed by atoms with van der Waals surface area (Å²) in [6.45, 7) is 13.1. The molecule has 0 spiro atoms. The second-order valence-electron chi connectivity index (χ2n) is 14.3. The summed E-state index contributed by atoms with van der Waals surface area (Å²) in [7, 11) is 0. The van der Waals surface area contributed by atoms with Crippen molar-refractivity contribution in [1.82, 2.24) is 5.32 Å². The third-order valence-electron chi connectivity index (χ3n) is 12.2. The van der Waals surface area contributed by atoms with Gasteiger partial charge in [-0.15, -0.1) is 0 Å². The third kappa shape index (κ3) is 5.94. The van der Waals surface area contributed by atoms with E-state index in [9.17, 15) is 9.90 Å². The Labute approximate surface area is 227 Å². The predicted octanol–water partition coefficient (Wildman–Crippen LogP) is 5.93. The molecule has 0 amide bonds. The quantitative estimate of drug-likeness (QED) is 0.233. The van der Waals surface area contributed by atoms with Crippen LogP contribution in [0, 0.1) is 52.3 Å². The van der Waals surface area contributed by atoms with Gasteiger partial charge in [-0.2, -0.15) is 0 Å². The summed E-state index contributed by atoms with van der Waals surface area (Å²) < 4.78 is 5.24. The van der Waals surface area contributed by atoms with Crippen LogP contribution in [0.25, 0.3) is 0 Å². The molecule has 0 radical (unpaired) electrons. The lowest BCUT2D eigenvalue weighted by Gasteiger charge is -2.61. The molecule has 11 atom stereocenters. The first-order valence-electron chi connectivity index (χ1n) is 15.9. The number of ether oxygens (including phenoxy) is 1. The molecule has 4 fully saturated rings. The summed E-state index contributed by atoms with van der Waals surface area (Å²) in [5, 5.41) is 15.2. The van der Waals surface area contributed by atoms with Crippen molar-refractivity contribution >= 4 is 5.97 Å². The Hall–Kier alpha value is -0.650. The van der Waals surface area contributed by atoms with Crippen LogP contribution in [0.5, 0.6) is 0 Å². The minimum Gasteiger partial charge on any atom is -0.466 e. The van der Waals surface area contributed by atoms with E-state index in [1.165, 1.54) is 71.1 Å². The number of aliphatic hydroxyl groups is 1. The Kier molecular flexibility index (Phi) is 9.71. The highest BCUT2D eigenvalue weighted by atomic mass is 16.5. The van der Waals surface area contributed by atoms with Gasteiger partial charge in [0.15, 0.2) is 0 Å². The lowest BCUT2D eigenvalue weighted by atomic mass is 9.44. The van der Waals surface area contributed by atoms with Crippen LogP contribution in [0.4, 0.5) is 0 Å². The van der Waals surface area contributed by atoms with Crippen molar-refractivity contribution in [2.24, 2.45) is 58.0 Å². The number of rotatable bonds is 11. The summed E-state index contributed by atoms with van der Waals surface area (Å²) in [5.74, 6) is 4.61. The van der Waals surface area contributed by atoms with Crippen LogP contribution in [0.15, 0.2) is 0 Å². The van der Waals surface area contributed by atoms with Crippen LogP contribution in [-0.4, -0.2) is 42.9 Å². The van der Waals surface area contributed by atoms with E-state index in [4.69, 9.17) is 10.5 Å². The summed E-state index contributed by atoms with van der Waals surface area (Å²) in [4.78, 5) is 11.3.